The molecule has 0 radical (unpaired) electrons. The third-order valence-corrected chi connectivity index (χ3v) is 4.18. The molecule has 3 unspecified atom stereocenters. The van der Waals surface area contributed by atoms with Gasteiger partial charge in [-0.15, -0.1) is 0 Å². The van der Waals surface area contributed by atoms with Gasteiger partial charge in [0.1, 0.15) is 0 Å². The molecule has 0 spiro atoms. The van der Waals surface area contributed by atoms with E-state index >= 15 is 0 Å². The van der Waals surface area contributed by atoms with E-state index in [2.05, 4.69) is 34.0 Å². The number of imidazole rings is 1. The quantitative estimate of drug-likeness (QED) is 0.807. The highest BCUT2D eigenvalue weighted by Crippen LogP contribution is 2.23. The number of aromatic amines is 1. The summed E-state index contributed by atoms with van der Waals surface area (Å²) in [5.74, 6) is 0.856. The van der Waals surface area contributed by atoms with Crippen LogP contribution in [-0.2, 0) is 13.0 Å². The van der Waals surface area contributed by atoms with Crippen molar-refractivity contribution in [3.63, 3.8) is 0 Å². The molecule has 3 atom stereocenters. The Labute approximate surface area is 103 Å². The minimum atomic E-state index is 0.568. The summed E-state index contributed by atoms with van der Waals surface area (Å²) in [5.41, 5.74) is 2.53. The molecule has 4 nitrogen and oxygen atoms in total. The number of aromatic nitrogens is 2. The van der Waals surface area contributed by atoms with Crippen molar-refractivity contribution < 1.29 is 0 Å². The van der Waals surface area contributed by atoms with Crippen molar-refractivity contribution in [2.75, 3.05) is 13.1 Å². The van der Waals surface area contributed by atoms with Crippen LogP contribution < -0.4 is 5.32 Å². The molecule has 0 amide bonds. The van der Waals surface area contributed by atoms with Gasteiger partial charge in [0, 0.05) is 38.1 Å². The first-order chi connectivity index (χ1) is 8.22. The molecule has 1 fully saturated rings. The fourth-order valence-corrected chi connectivity index (χ4v) is 3.28. The van der Waals surface area contributed by atoms with Crippen LogP contribution in [0.15, 0.2) is 6.33 Å². The molecule has 1 aromatic heterocycles. The fourth-order valence-electron chi connectivity index (χ4n) is 3.28. The van der Waals surface area contributed by atoms with E-state index in [1.807, 2.05) is 6.33 Å². The molecule has 1 saturated heterocycles. The molecule has 0 bridgehead atoms. The Morgan fingerprint density at radius 3 is 3.12 bits per heavy atom. The van der Waals surface area contributed by atoms with E-state index in [0.717, 1.165) is 31.5 Å². The lowest BCUT2D eigenvalue weighted by Crippen LogP contribution is -2.45. The Hall–Kier alpha value is -0.870. The minimum absolute atomic E-state index is 0.568. The van der Waals surface area contributed by atoms with Gasteiger partial charge < -0.3 is 10.3 Å². The summed E-state index contributed by atoms with van der Waals surface area (Å²) in [6.45, 7) is 8.07. The van der Waals surface area contributed by atoms with Crippen molar-refractivity contribution in [3.8, 4) is 0 Å². The Morgan fingerprint density at radius 1 is 1.47 bits per heavy atom. The van der Waals surface area contributed by atoms with Gasteiger partial charge in [-0.2, -0.15) is 0 Å². The summed E-state index contributed by atoms with van der Waals surface area (Å²) in [6.07, 6.45) is 4.23. The van der Waals surface area contributed by atoms with E-state index in [-0.39, 0.29) is 0 Å². The number of H-pyrrole nitrogens is 1. The van der Waals surface area contributed by atoms with Crippen LogP contribution in [-0.4, -0.2) is 40.0 Å². The van der Waals surface area contributed by atoms with Crippen LogP contribution >= 0.6 is 0 Å². The summed E-state index contributed by atoms with van der Waals surface area (Å²) in [6, 6.07) is 1.31. The number of likely N-dealkylation sites (tertiary alicyclic amines) is 1. The van der Waals surface area contributed by atoms with E-state index in [1.54, 1.807) is 0 Å². The lowest BCUT2D eigenvalue weighted by atomic mass is 10.0. The lowest BCUT2D eigenvalue weighted by molar-refractivity contribution is 0.227. The number of rotatable bonds is 2. The molecule has 0 aromatic carbocycles. The first-order valence-electron chi connectivity index (χ1n) is 6.71. The van der Waals surface area contributed by atoms with Gasteiger partial charge in [-0.25, -0.2) is 4.98 Å². The summed E-state index contributed by atoms with van der Waals surface area (Å²) >= 11 is 0. The topological polar surface area (TPSA) is 44.0 Å². The van der Waals surface area contributed by atoms with Crippen LogP contribution in [0.3, 0.4) is 0 Å². The minimum Gasteiger partial charge on any atom is -0.347 e. The van der Waals surface area contributed by atoms with Gasteiger partial charge in [-0.3, -0.25) is 4.90 Å². The summed E-state index contributed by atoms with van der Waals surface area (Å²) < 4.78 is 0. The van der Waals surface area contributed by atoms with Crippen LogP contribution in [0.2, 0.25) is 0 Å². The van der Waals surface area contributed by atoms with Gasteiger partial charge in [-0.05, 0) is 19.3 Å². The van der Waals surface area contributed by atoms with E-state index in [0.29, 0.717) is 6.04 Å². The number of nitrogens with one attached hydrogen (secondary N) is 2. The SMILES string of the molecule is CC1CC(C)N(CC2Cc3nc[nH]c3CN2)C1. The lowest BCUT2D eigenvalue weighted by Gasteiger charge is -2.30. The van der Waals surface area contributed by atoms with Gasteiger partial charge >= 0.3 is 0 Å². The molecule has 0 saturated carbocycles. The molecule has 4 heteroatoms. The molecule has 0 aliphatic carbocycles. The fraction of sp³-hybridized carbons (Fsp3) is 0.769. The van der Waals surface area contributed by atoms with Gasteiger partial charge in [0.25, 0.3) is 0 Å². The summed E-state index contributed by atoms with van der Waals surface area (Å²) in [5, 5.41) is 3.61. The third-order valence-electron chi connectivity index (χ3n) is 4.18. The third kappa shape index (κ3) is 2.24. The van der Waals surface area contributed by atoms with Gasteiger partial charge in [0.05, 0.1) is 17.7 Å². The molecule has 17 heavy (non-hydrogen) atoms. The Balaban J connectivity index is 1.61. The molecular weight excluding hydrogens is 212 g/mol. The van der Waals surface area contributed by atoms with E-state index in [1.165, 1.54) is 24.4 Å². The number of fused-ring (bicyclic) bond motifs is 1. The van der Waals surface area contributed by atoms with Crippen LogP contribution in [0.25, 0.3) is 0 Å². The molecule has 3 heterocycles. The zero-order valence-corrected chi connectivity index (χ0v) is 10.7. The normalized spacial score (nSPS) is 33.9. The second-order valence-corrected chi connectivity index (χ2v) is 5.75. The average molecular weight is 234 g/mol. The maximum atomic E-state index is 4.40. The molecule has 3 rings (SSSR count). The Kier molecular flexibility index (Phi) is 2.92. The van der Waals surface area contributed by atoms with Crippen LogP contribution in [0.1, 0.15) is 31.7 Å². The molecule has 94 valence electrons. The van der Waals surface area contributed by atoms with Crippen LogP contribution in [0, 0.1) is 5.92 Å². The highest BCUT2D eigenvalue weighted by molar-refractivity contribution is 5.16. The first kappa shape index (κ1) is 11.2. The van der Waals surface area contributed by atoms with Crippen LogP contribution in [0.5, 0.6) is 0 Å². The molecule has 2 N–H and O–H groups in total. The van der Waals surface area contributed by atoms with Crippen molar-refractivity contribution in [1.82, 2.24) is 20.2 Å². The van der Waals surface area contributed by atoms with Crippen molar-refractivity contribution >= 4 is 0 Å². The molecular formula is C13H22N4. The second-order valence-electron chi connectivity index (χ2n) is 5.75. The Morgan fingerprint density at radius 2 is 2.35 bits per heavy atom. The predicted molar refractivity (Wildman–Crippen MR) is 67.7 cm³/mol. The predicted octanol–water partition coefficient (Wildman–Crippen LogP) is 1.15. The number of hydrogen-bond donors (Lipinski definition) is 2. The highest BCUT2D eigenvalue weighted by atomic mass is 15.2. The Bertz CT molecular complexity index is 387. The van der Waals surface area contributed by atoms with Crippen molar-refractivity contribution in [1.29, 1.82) is 0 Å². The molecule has 2 aliphatic heterocycles. The summed E-state index contributed by atoms with van der Waals surface area (Å²) in [4.78, 5) is 10.2. The van der Waals surface area contributed by atoms with Gasteiger partial charge in [0.2, 0.25) is 0 Å². The van der Waals surface area contributed by atoms with Crippen molar-refractivity contribution in [2.45, 2.75) is 45.3 Å². The van der Waals surface area contributed by atoms with E-state index in [4.69, 9.17) is 0 Å². The van der Waals surface area contributed by atoms with Gasteiger partial charge in [0.15, 0.2) is 0 Å². The molecule has 2 aliphatic rings. The zero-order chi connectivity index (χ0) is 11.8. The summed E-state index contributed by atoms with van der Waals surface area (Å²) in [7, 11) is 0. The average Bonchev–Trinajstić information content (AvgIpc) is 2.85. The second kappa shape index (κ2) is 4.42. The first-order valence-corrected chi connectivity index (χ1v) is 6.71. The van der Waals surface area contributed by atoms with E-state index in [9.17, 15) is 0 Å². The number of hydrogen-bond acceptors (Lipinski definition) is 3. The van der Waals surface area contributed by atoms with Crippen molar-refractivity contribution in [2.24, 2.45) is 5.92 Å². The largest absolute Gasteiger partial charge is 0.347 e. The van der Waals surface area contributed by atoms with Crippen molar-refractivity contribution in [3.05, 3.63) is 17.7 Å². The standard InChI is InChI=1S/C13H22N4/c1-9-3-10(2)17(6-9)7-11-4-12-13(5-14-11)16-8-15-12/h8-11,14H,3-7H2,1-2H3,(H,15,16). The molecule has 1 aromatic rings. The zero-order valence-electron chi connectivity index (χ0n) is 10.7. The van der Waals surface area contributed by atoms with Gasteiger partial charge in [-0.1, -0.05) is 6.92 Å². The smallest absolute Gasteiger partial charge is 0.0925 e. The van der Waals surface area contributed by atoms with E-state index < -0.39 is 0 Å². The van der Waals surface area contributed by atoms with Crippen LogP contribution in [0.4, 0.5) is 0 Å². The highest BCUT2D eigenvalue weighted by Gasteiger charge is 2.29. The monoisotopic (exact) mass is 234 g/mol. The maximum Gasteiger partial charge on any atom is 0.0925 e. The number of nitrogens with zero attached hydrogens (tertiary/aromatic N) is 2. The maximum absolute atomic E-state index is 4.40.